The fourth-order valence-electron chi connectivity index (χ4n) is 2.19. The zero-order valence-corrected chi connectivity index (χ0v) is 11.9. The van der Waals surface area contributed by atoms with Gasteiger partial charge in [0, 0.05) is 13.1 Å². The molecule has 1 saturated heterocycles. The molecule has 0 N–H and O–H groups in total. The highest BCUT2D eigenvalue weighted by Gasteiger charge is 2.30. The fourth-order valence-corrected chi connectivity index (χ4v) is 2.51. The number of carbonyl (C=O) groups is 1. The molecule has 18 heavy (non-hydrogen) atoms. The molecule has 1 aliphatic heterocycles. The SMILES string of the molecule is CC(C)C1CCN(C(=O)c2cc(Cl)nnc2Cl)C1. The van der Waals surface area contributed by atoms with E-state index in [0.717, 1.165) is 19.5 Å². The smallest absolute Gasteiger partial charge is 0.257 e. The van der Waals surface area contributed by atoms with E-state index < -0.39 is 0 Å². The van der Waals surface area contributed by atoms with Crippen LogP contribution in [0.1, 0.15) is 30.6 Å². The van der Waals surface area contributed by atoms with Crippen molar-refractivity contribution in [2.24, 2.45) is 11.8 Å². The molecule has 0 radical (unpaired) electrons. The molecule has 4 nitrogen and oxygen atoms in total. The second-order valence-corrected chi connectivity index (χ2v) is 5.66. The van der Waals surface area contributed by atoms with Crippen LogP contribution in [-0.2, 0) is 0 Å². The summed E-state index contributed by atoms with van der Waals surface area (Å²) in [6, 6.07) is 1.47. The van der Waals surface area contributed by atoms with Crippen molar-refractivity contribution < 1.29 is 4.79 Å². The van der Waals surface area contributed by atoms with Gasteiger partial charge in [0.1, 0.15) is 0 Å². The summed E-state index contributed by atoms with van der Waals surface area (Å²) < 4.78 is 0. The van der Waals surface area contributed by atoms with Crippen LogP contribution in [0.4, 0.5) is 0 Å². The summed E-state index contributed by atoms with van der Waals surface area (Å²) in [6.07, 6.45) is 1.03. The standard InChI is InChI=1S/C12H15Cl2N3O/c1-7(2)8-3-4-17(6-8)12(18)9-5-10(13)15-16-11(9)14/h5,7-8H,3-4,6H2,1-2H3. The largest absolute Gasteiger partial charge is 0.338 e. The van der Waals surface area contributed by atoms with Gasteiger partial charge in [-0.3, -0.25) is 4.79 Å². The van der Waals surface area contributed by atoms with Gasteiger partial charge in [-0.2, -0.15) is 0 Å². The Morgan fingerprint density at radius 3 is 2.78 bits per heavy atom. The quantitative estimate of drug-likeness (QED) is 0.840. The molecule has 1 amide bonds. The molecule has 6 heteroatoms. The molecule has 0 aromatic carbocycles. The lowest BCUT2D eigenvalue weighted by molar-refractivity contribution is 0.0783. The van der Waals surface area contributed by atoms with Crippen LogP contribution < -0.4 is 0 Å². The first kappa shape index (κ1) is 13.6. The van der Waals surface area contributed by atoms with Crippen LogP contribution >= 0.6 is 23.2 Å². The first-order chi connectivity index (χ1) is 8.49. The second kappa shape index (κ2) is 5.41. The molecule has 0 saturated carbocycles. The number of rotatable bonds is 2. The molecule has 2 rings (SSSR count). The second-order valence-electron chi connectivity index (χ2n) is 4.92. The van der Waals surface area contributed by atoms with Crippen molar-refractivity contribution in [2.45, 2.75) is 20.3 Å². The highest BCUT2D eigenvalue weighted by atomic mass is 35.5. The summed E-state index contributed by atoms with van der Waals surface area (Å²) in [7, 11) is 0. The van der Waals surface area contributed by atoms with Gasteiger partial charge >= 0.3 is 0 Å². The van der Waals surface area contributed by atoms with Gasteiger partial charge in [0.25, 0.3) is 5.91 Å². The van der Waals surface area contributed by atoms with Gasteiger partial charge in [0.2, 0.25) is 0 Å². The van der Waals surface area contributed by atoms with Gasteiger partial charge in [-0.1, -0.05) is 37.0 Å². The molecular weight excluding hydrogens is 273 g/mol. The zero-order chi connectivity index (χ0) is 13.3. The lowest BCUT2D eigenvalue weighted by atomic mass is 9.95. The zero-order valence-electron chi connectivity index (χ0n) is 10.4. The number of halogens is 2. The minimum Gasteiger partial charge on any atom is -0.338 e. The normalized spacial score (nSPS) is 19.6. The lowest BCUT2D eigenvalue weighted by Crippen LogP contribution is -2.29. The molecule has 1 aromatic heterocycles. The maximum atomic E-state index is 12.3. The van der Waals surface area contributed by atoms with E-state index in [1.54, 1.807) is 0 Å². The molecule has 1 unspecified atom stereocenters. The van der Waals surface area contributed by atoms with Crippen LogP contribution in [0.25, 0.3) is 0 Å². The third-order valence-corrected chi connectivity index (χ3v) is 3.87. The third-order valence-electron chi connectivity index (χ3n) is 3.40. The van der Waals surface area contributed by atoms with Crippen LogP contribution in [0.5, 0.6) is 0 Å². The summed E-state index contributed by atoms with van der Waals surface area (Å²) in [6.45, 7) is 5.89. The number of nitrogens with zero attached hydrogens (tertiary/aromatic N) is 3. The number of amides is 1. The molecule has 1 aromatic rings. The monoisotopic (exact) mass is 287 g/mol. The number of likely N-dealkylation sites (tertiary alicyclic amines) is 1. The van der Waals surface area contributed by atoms with Gasteiger partial charge in [-0.25, -0.2) is 0 Å². The van der Waals surface area contributed by atoms with E-state index in [1.165, 1.54) is 6.07 Å². The number of hydrogen-bond acceptors (Lipinski definition) is 3. The molecule has 0 bridgehead atoms. The van der Waals surface area contributed by atoms with Crippen molar-refractivity contribution in [3.63, 3.8) is 0 Å². The van der Waals surface area contributed by atoms with Crippen LogP contribution in [0.15, 0.2) is 6.07 Å². The summed E-state index contributed by atoms with van der Waals surface area (Å²) in [5, 5.41) is 7.56. The van der Waals surface area contributed by atoms with Crippen molar-refractivity contribution >= 4 is 29.1 Å². The first-order valence-electron chi connectivity index (χ1n) is 5.97. The van der Waals surface area contributed by atoms with Crippen LogP contribution in [0.3, 0.4) is 0 Å². The van der Waals surface area contributed by atoms with E-state index in [4.69, 9.17) is 23.2 Å². The summed E-state index contributed by atoms with van der Waals surface area (Å²) >= 11 is 11.6. The average Bonchev–Trinajstić information content (AvgIpc) is 2.81. The minimum absolute atomic E-state index is 0.109. The van der Waals surface area contributed by atoms with E-state index >= 15 is 0 Å². The highest BCUT2D eigenvalue weighted by molar-refractivity contribution is 6.34. The molecule has 0 aliphatic carbocycles. The van der Waals surface area contributed by atoms with Crippen molar-refractivity contribution in [1.82, 2.24) is 15.1 Å². The Hall–Kier alpha value is -0.870. The van der Waals surface area contributed by atoms with Crippen LogP contribution in [0.2, 0.25) is 10.3 Å². The Labute approximate surface area is 116 Å². The fraction of sp³-hybridized carbons (Fsp3) is 0.583. The molecule has 0 spiro atoms. The predicted octanol–water partition coefficient (Wildman–Crippen LogP) is 2.90. The molecule has 98 valence electrons. The summed E-state index contributed by atoms with van der Waals surface area (Å²) in [5.74, 6) is 1.02. The Balaban J connectivity index is 2.15. The van der Waals surface area contributed by atoms with Crippen molar-refractivity contribution in [3.8, 4) is 0 Å². The Morgan fingerprint density at radius 1 is 1.44 bits per heavy atom. The molecule has 1 atom stereocenters. The number of hydrogen-bond donors (Lipinski definition) is 0. The van der Waals surface area contributed by atoms with Crippen molar-refractivity contribution in [3.05, 3.63) is 21.9 Å². The predicted molar refractivity (Wildman–Crippen MR) is 70.9 cm³/mol. The minimum atomic E-state index is -0.111. The average molecular weight is 288 g/mol. The number of carbonyl (C=O) groups excluding carboxylic acids is 1. The summed E-state index contributed by atoms with van der Waals surface area (Å²) in [5.41, 5.74) is 0.334. The Kier molecular flexibility index (Phi) is 4.07. The highest BCUT2D eigenvalue weighted by Crippen LogP contribution is 2.26. The molecular formula is C12H15Cl2N3O. The van der Waals surface area contributed by atoms with Gasteiger partial charge in [0.15, 0.2) is 10.3 Å². The van der Waals surface area contributed by atoms with Crippen molar-refractivity contribution in [1.29, 1.82) is 0 Å². The van der Waals surface area contributed by atoms with E-state index in [9.17, 15) is 4.79 Å². The molecule has 1 fully saturated rings. The van der Waals surface area contributed by atoms with Gasteiger partial charge in [-0.15, -0.1) is 10.2 Å². The maximum Gasteiger partial charge on any atom is 0.257 e. The summed E-state index contributed by atoms with van der Waals surface area (Å²) in [4.78, 5) is 14.1. The van der Waals surface area contributed by atoms with Crippen LogP contribution in [-0.4, -0.2) is 34.1 Å². The molecule has 2 heterocycles. The van der Waals surface area contributed by atoms with E-state index in [0.29, 0.717) is 17.4 Å². The van der Waals surface area contributed by atoms with Gasteiger partial charge in [0.05, 0.1) is 5.56 Å². The van der Waals surface area contributed by atoms with Gasteiger partial charge in [-0.05, 0) is 24.3 Å². The van der Waals surface area contributed by atoms with E-state index in [-0.39, 0.29) is 16.2 Å². The van der Waals surface area contributed by atoms with Crippen LogP contribution in [0, 0.1) is 11.8 Å². The van der Waals surface area contributed by atoms with E-state index in [2.05, 4.69) is 24.0 Å². The first-order valence-corrected chi connectivity index (χ1v) is 6.72. The third kappa shape index (κ3) is 2.75. The molecule has 1 aliphatic rings. The lowest BCUT2D eigenvalue weighted by Gasteiger charge is -2.18. The topological polar surface area (TPSA) is 46.1 Å². The number of aromatic nitrogens is 2. The Bertz CT molecular complexity index is 465. The van der Waals surface area contributed by atoms with E-state index in [1.807, 2.05) is 4.90 Å². The maximum absolute atomic E-state index is 12.3. The Morgan fingerprint density at radius 2 is 2.17 bits per heavy atom. The van der Waals surface area contributed by atoms with Crippen molar-refractivity contribution in [2.75, 3.05) is 13.1 Å². The van der Waals surface area contributed by atoms with Gasteiger partial charge < -0.3 is 4.90 Å².